The third-order valence-electron chi connectivity index (χ3n) is 4.80. The van der Waals surface area contributed by atoms with E-state index in [-0.39, 0.29) is 36.4 Å². The summed E-state index contributed by atoms with van der Waals surface area (Å²) in [5.74, 6) is 1.35. The molecular formula is C18H38IN5O2. The van der Waals surface area contributed by atoms with Crippen molar-refractivity contribution in [3.8, 4) is 0 Å². The number of halogens is 1. The lowest BCUT2D eigenvalue weighted by Gasteiger charge is -2.39. The molecule has 0 saturated carbocycles. The molecule has 7 nitrogen and oxygen atoms in total. The number of guanidine groups is 1. The summed E-state index contributed by atoms with van der Waals surface area (Å²) in [6.45, 7) is 11.9. The third-order valence-corrected chi connectivity index (χ3v) is 4.80. The first-order valence-corrected chi connectivity index (χ1v) is 9.57. The minimum absolute atomic E-state index is 0. The van der Waals surface area contributed by atoms with Gasteiger partial charge in [0.2, 0.25) is 5.91 Å². The van der Waals surface area contributed by atoms with Gasteiger partial charge in [0.25, 0.3) is 0 Å². The molecular weight excluding hydrogens is 445 g/mol. The fourth-order valence-corrected chi connectivity index (χ4v) is 3.17. The summed E-state index contributed by atoms with van der Waals surface area (Å²) in [7, 11) is 3.50. The second-order valence-corrected chi connectivity index (χ2v) is 6.66. The second-order valence-electron chi connectivity index (χ2n) is 6.66. The van der Waals surface area contributed by atoms with E-state index in [1.807, 2.05) is 6.92 Å². The lowest BCUT2D eigenvalue weighted by atomic mass is 9.92. The van der Waals surface area contributed by atoms with Crippen molar-refractivity contribution in [1.82, 2.24) is 20.4 Å². The Morgan fingerprint density at radius 3 is 2.27 bits per heavy atom. The number of hydrogen-bond donors (Lipinski definition) is 2. The number of hydrogen-bond acceptors (Lipinski definition) is 4. The normalized spacial score (nSPS) is 16.8. The van der Waals surface area contributed by atoms with Gasteiger partial charge < -0.3 is 20.3 Å². The van der Waals surface area contributed by atoms with Crippen LogP contribution in [0.25, 0.3) is 0 Å². The maximum absolute atomic E-state index is 11.8. The summed E-state index contributed by atoms with van der Waals surface area (Å²) in [6, 6.07) is 0.451. The first-order valence-electron chi connectivity index (χ1n) is 9.57. The molecule has 154 valence electrons. The molecule has 0 aliphatic carbocycles. The van der Waals surface area contributed by atoms with E-state index in [2.05, 4.69) is 34.4 Å². The first-order chi connectivity index (χ1) is 12.0. The van der Waals surface area contributed by atoms with Crippen molar-refractivity contribution in [2.24, 2.45) is 10.9 Å². The van der Waals surface area contributed by atoms with Crippen molar-refractivity contribution in [3.05, 3.63) is 0 Å². The number of amides is 1. The molecule has 0 aromatic heterocycles. The predicted octanol–water partition coefficient (Wildman–Crippen LogP) is 1.38. The van der Waals surface area contributed by atoms with Crippen LogP contribution in [0.3, 0.4) is 0 Å². The van der Waals surface area contributed by atoms with Crippen LogP contribution in [0.2, 0.25) is 0 Å². The smallest absolute Gasteiger partial charge is 0.243 e. The van der Waals surface area contributed by atoms with Gasteiger partial charge in [-0.2, -0.15) is 0 Å². The van der Waals surface area contributed by atoms with Crippen LogP contribution in [0.5, 0.6) is 0 Å². The van der Waals surface area contributed by atoms with Crippen LogP contribution >= 0.6 is 24.0 Å². The highest BCUT2D eigenvalue weighted by atomic mass is 127. The van der Waals surface area contributed by atoms with Crippen LogP contribution in [-0.4, -0.2) is 87.7 Å². The van der Waals surface area contributed by atoms with Crippen molar-refractivity contribution in [2.75, 3.05) is 60.0 Å². The quantitative estimate of drug-likeness (QED) is 0.295. The Bertz CT molecular complexity index is 410. The molecule has 0 radical (unpaired) electrons. The lowest BCUT2D eigenvalue weighted by molar-refractivity contribution is -0.127. The molecule has 0 aromatic rings. The molecule has 8 heteroatoms. The van der Waals surface area contributed by atoms with E-state index in [0.717, 1.165) is 52.2 Å². The number of carbonyl (C=O) groups excluding carboxylic acids is 1. The van der Waals surface area contributed by atoms with Gasteiger partial charge in [0.15, 0.2) is 5.96 Å². The van der Waals surface area contributed by atoms with E-state index in [9.17, 15) is 4.79 Å². The monoisotopic (exact) mass is 483 g/mol. The number of nitrogens with one attached hydrogen (secondary N) is 2. The van der Waals surface area contributed by atoms with E-state index in [1.54, 1.807) is 19.0 Å². The van der Waals surface area contributed by atoms with Crippen LogP contribution in [0.15, 0.2) is 4.99 Å². The van der Waals surface area contributed by atoms with Gasteiger partial charge >= 0.3 is 0 Å². The zero-order valence-electron chi connectivity index (χ0n) is 17.1. The average molecular weight is 483 g/mol. The molecule has 1 fully saturated rings. The van der Waals surface area contributed by atoms with Gasteiger partial charge in [0, 0.05) is 46.3 Å². The lowest BCUT2D eigenvalue weighted by Crippen LogP contribution is -2.53. The Morgan fingerprint density at radius 2 is 1.77 bits per heavy atom. The number of likely N-dealkylation sites (N-methyl/N-ethyl adjacent to an activating group) is 1. The van der Waals surface area contributed by atoms with Gasteiger partial charge in [-0.1, -0.05) is 26.7 Å². The minimum atomic E-state index is 0. The first kappa shape index (κ1) is 25.4. The molecule has 1 saturated heterocycles. The maximum atomic E-state index is 11.8. The average Bonchev–Trinajstić information content (AvgIpc) is 2.63. The highest BCUT2D eigenvalue weighted by molar-refractivity contribution is 14.0. The van der Waals surface area contributed by atoms with Crippen LogP contribution in [0.4, 0.5) is 0 Å². The van der Waals surface area contributed by atoms with Crippen LogP contribution < -0.4 is 10.6 Å². The standard InChI is InChI=1S/C18H37N5O2.HI/c1-6-15(7-2)16(23-9-11-25-12-10-23)13-20-18(19-8-3)21-14-17(24)22(4)5;/h15-16H,6-14H2,1-5H3,(H2,19,20,21);1H. The maximum Gasteiger partial charge on any atom is 0.243 e. The van der Waals surface area contributed by atoms with Crippen LogP contribution in [0, 0.1) is 5.92 Å². The summed E-state index contributed by atoms with van der Waals surface area (Å²) < 4.78 is 5.51. The molecule has 1 rings (SSSR count). The van der Waals surface area contributed by atoms with Gasteiger partial charge in [-0.3, -0.25) is 9.69 Å². The fraction of sp³-hybridized carbons (Fsp3) is 0.889. The number of ether oxygens (including phenoxy) is 1. The third kappa shape index (κ3) is 8.85. The van der Waals surface area contributed by atoms with E-state index < -0.39 is 0 Å². The highest BCUT2D eigenvalue weighted by Crippen LogP contribution is 2.19. The SMILES string of the molecule is CCNC(=NCC(=O)N(C)C)NCC(C(CC)CC)N1CCOCC1.I. The van der Waals surface area contributed by atoms with E-state index in [4.69, 9.17) is 4.74 Å². The van der Waals surface area contributed by atoms with Crippen molar-refractivity contribution in [1.29, 1.82) is 0 Å². The number of carbonyl (C=O) groups is 1. The molecule has 1 heterocycles. The largest absolute Gasteiger partial charge is 0.379 e. The zero-order chi connectivity index (χ0) is 18.7. The Labute approximate surface area is 176 Å². The molecule has 1 aliphatic rings. The van der Waals surface area contributed by atoms with E-state index >= 15 is 0 Å². The van der Waals surface area contributed by atoms with Crippen molar-refractivity contribution >= 4 is 35.8 Å². The molecule has 1 atom stereocenters. The number of rotatable bonds is 9. The number of morpholine rings is 1. The Balaban J connectivity index is 0.00000625. The van der Waals surface area contributed by atoms with Crippen molar-refractivity contribution in [3.63, 3.8) is 0 Å². The van der Waals surface area contributed by atoms with Crippen molar-refractivity contribution < 1.29 is 9.53 Å². The molecule has 0 bridgehead atoms. The highest BCUT2D eigenvalue weighted by Gasteiger charge is 2.27. The molecule has 1 amide bonds. The predicted molar refractivity (Wildman–Crippen MR) is 118 cm³/mol. The molecule has 0 spiro atoms. The van der Waals surface area contributed by atoms with E-state index in [1.165, 1.54) is 0 Å². The Hall–Kier alpha value is -0.610. The van der Waals surface area contributed by atoms with Crippen LogP contribution in [0.1, 0.15) is 33.6 Å². The summed E-state index contributed by atoms with van der Waals surface area (Å²) in [5.41, 5.74) is 0. The van der Waals surface area contributed by atoms with Gasteiger partial charge in [-0.05, 0) is 12.8 Å². The minimum Gasteiger partial charge on any atom is -0.379 e. The van der Waals surface area contributed by atoms with E-state index in [0.29, 0.717) is 17.9 Å². The molecule has 2 N–H and O–H groups in total. The molecule has 1 aliphatic heterocycles. The van der Waals surface area contributed by atoms with Gasteiger partial charge in [-0.15, -0.1) is 24.0 Å². The Kier molecular flexibility index (Phi) is 14.1. The molecule has 0 aromatic carbocycles. The summed E-state index contributed by atoms with van der Waals surface area (Å²) in [4.78, 5) is 20.3. The van der Waals surface area contributed by atoms with Gasteiger partial charge in [-0.25, -0.2) is 4.99 Å². The molecule has 1 unspecified atom stereocenters. The number of aliphatic imine (C=N–C) groups is 1. The van der Waals surface area contributed by atoms with Crippen molar-refractivity contribution in [2.45, 2.75) is 39.7 Å². The summed E-state index contributed by atoms with van der Waals surface area (Å²) in [6.07, 6.45) is 2.32. The number of nitrogens with zero attached hydrogens (tertiary/aromatic N) is 3. The Morgan fingerprint density at radius 1 is 1.15 bits per heavy atom. The summed E-state index contributed by atoms with van der Waals surface area (Å²) in [5, 5.41) is 6.68. The molecule has 26 heavy (non-hydrogen) atoms. The fourth-order valence-electron chi connectivity index (χ4n) is 3.17. The topological polar surface area (TPSA) is 69.2 Å². The second kappa shape index (κ2) is 14.4. The van der Waals surface area contributed by atoms with Crippen LogP contribution in [-0.2, 0) is 9.53 Å². The summed E-state index contributed by atoms with van der Waals surface area (Å²) >= 11 is 0. The zero-order valence-corrected chi connectivity index (χ0v) is 19.4. The van der Waals surface area contributed by atoms with Gasteiger partial charge in [0.1, 0.15) is 6.54 Å². The van der Waals surface area contributed by atoms with Gasteiger partial charge in [0.05, 0.1) is 13.2 Å².